The highest BCUT2D eigenvalue weighted by Gasteiger charge is 2.33. The number of hydrogen-bond acceptors (Lipinski definition) is 5. The number of imide groups is 1. The number of methoxy groups -OCH3 is 1. The highest BCUT2D eigenvalue weighted by molar-refractivity contribution is 7.80. The minimum atomic E-state index is -0.460. The maximum absolute atomic E-state index is 12.7. The van der Waals surface area contributed by atoms with E-state index < -0.39 is 11.8 Å². The summed E-state index contributed by atoms with van der Waals surface area (Å²) in [6.07, 6.45) is 0.765. The monoisotopic (exact) mass is 371 g/mol. The maximum atomic E-state index is 12.7. The summed E-state index contributed by atoms with van der Waals surface area (Å²) in [6, 6.07) is 10.6. The van der Waals surface area contributed by atoms with Gasteiger partial charge in [-0.3, -0.25) is 19.8 Å². The van der Waals surface area contributed by atoms with Crippen LogP contribution in [-0.4, -0.2) is 41.6 Å². The van der Waals surface area contributed by atoms with Crippen LogP contribution in [0.2, 0.25) is 0 Å². The van der Waals surface area contributed by atoms with Crippen molar-refractivity contribution >= 4 is 45.9 Å². The minimum Gasteiger partial charge on any atom is -0.469 e. The van der Waals surface area contributed by atoms with Crippen molar-refractivity contribution in [3.63, 3.8) is 0 Å². The first-order chi connectivity index (χ1) is 12.5. The molecule has 0 saturated carbocycles. The van der Waals surface area contributed by atoms with E-state index in [1.165, 1.54) is 7.11 Å². The van der Waals surface area contributed by atoms with E-state index in [1.54, 1.807) is 24.3 Å². The van der Waals surface area contributed by atoms with Gasteiger partial charge in [-0.1, -0.05) is 24.3 Å². The molecular weight excluding hydrogens is 354 g/mol. The Bertz CT molecular complexity index is 862. The van der Waals surface area contributed by atoms with Crippen LogP contribution in [0, 0.1) is 0 Å². The average Bonchev–Trinajstić information content (AvgIpc) is 2.66. The number of esters is 1. The molecular formula is C18H17N3O4S. The molecule has 2 aromatic rings. The Balaban J connectivity index is 1.70. The lowest BCUT2D eigenvalue weighted by atomic mass is 9.95. The average molecular weight is 371 g/mol. The Hall–Kier alpha value is -3.00. The Morgan fingerprint density at radius 3 is 2.31 bits per heavy atom. The molecule has 0 radical (unpaired) electrons. The highest BCUT2D eigenvalue weighted by atomic mass is 32.1. The molecule has 8 heteroatoms. The van der Waals surface area contributed by atoms with Gasteiger partial charge in [0.2, 0.25) is 0 Å². The van der Waals surface area contributed by atoms with Crippen LogP contribution >= 0.6 is 12.2 Å². The molecule has 0 atom stereocenters. The number of nitrogens with zero attached hydrogens (tertiary/aromatic N) is 1. The molecule has 7 nitrogen and oxygen atoms in total. The van der Waals surface area contributed by atoms with E-state index in [0.717, 1.165) is 10.4 Å². The Labute approximate surface area is 155 Å². The SMILES string of the molecule is COC(=O)CCCNC(=S)NN1C(=O)c2cccc3cccc(c23)C1=O. The van der Waals surface area contributed by atoms with Crippen molar-refractivity contribution in [3.05, 3.63) is 47.5 Å². The molecule has 2 amide bonds. The second-order valence-corrected chi connectivity index (χ2v) is 6.11. The molecule has 0 aromatic heterocycles. The van der Waals surface area contributed by atoms with Gasteiger partial charge >= 0.3 is 5.97 Å². The van der Waals surface area contributed by atoms with Gasteiger partial charge in [-0.2, -0.15) is 5.01 Å². The van der Waals surface area contributed by atoms with Gasteiger partial charge in [-0.15, -0.1) is 0 Å². The lowest BCUT2D eigenvalue weighted by Gasteiger charge is -2.28. The zero-order valence-electron chi connectivity index (χ0n) is 14.1. The van der Waals surface area contributed by atoms with Crippen LogP contribution in [0.25, 0.3) is 10.8 Å². The number of carbonyl (C=O) groups excluding carboxylic acids is 3. The summed E-state index contributed by atoms with van der Waals surface area (Å²) in [6.45, 7) is 0.406. The standard InChI is InChI=1S/C18H17N3O4S/c1-25-14(22)9-4-10-19-18(26)20-21-16(23)12-7-2-5-11-6-3-8-13(15(11)12)17(21)24/h2-3,5-8H,4,9-10H2,1H3,(H2,19,20,26). The Morgan fingerprint density at radius 2 is 1.73 bits per heavy atom. The maximum Gasteiger partial charge on any atom is 0.305 e. The van der Waals surface area contributed by atoms with Crippen LogP contribution in [-0.2, 0) is 9.53 Å². The van der Waals surface area contributed by atoms with Crippen molar-refractivity contribution in [1.29, 1.82) is 0 Å². The number of ether oxygens (including phenoxy) is 1. The summed E-state index contributed by atoms with van der Waals surface area (Å²) in [5.41, 5.74) is 3.53. The third kappa shape index (κ3) is 3.36. The summed E-state index contributed by atoms with van der Waals surface area (Å²) in [7, 11) is 1.33. The first-order valence-corrected chi connectivity index (χ1v) is 8.45. The van der Waals surface area contributed by atoms with E-state index in [4.69, 9.17) is 12.2 Å². The molecule has 3 rings (SSSR count). The van der Waals surface area contributed by atoms with Gasteiger partial charge in [0.15, 0.2) is 5.11 Å². The zero-order chi connectivity index (χ0) is 18.7. The van der Waals surface area contributed by atoms with Gasteiger partial charge in [-0.05, 0) is 36.2 Å². The first kappa shape index (κ1) is 17.8. The number of nitrogens with one attached hydrogen (secondary N) is 2. The number of amides is 2. The van der Waals surface area contributed by atoms with Crippen molar-refractivity contribution in [1.82, 2.24) is 15.8 Å². The predicted molar refractivity (Wildman–Crippen MR) is 99.4 cm³/mol. The number of hydrazine groups is 1. The molecule has 1 aliphatic rings. The summed E-state index contributed by atoms with van der Waals surface area (Å²) in [4.78, 5) is 36.5. The fraction of sp³-hybridized carbons (Fsp3) is 0.222. The van der Waals surface area contributed by atoms with Crippen LogP contribution in [0.3, 0.4) is 0 Å². The molecule has 2 N–H and O–H groups in total. The lowest BCUT2D eigenvalue weighted by Crippen LogP contribution is -2.54. The summed E-state index contributed by atoms with van der Waals surface area (Å²) in [5, 5.41) is 5.39. The van der Waals surface area contributed by atoms with E-state index in [9.17, 15) is 14.4 Å². The van der Waals surface area contributed by atoms with Crippen molar-refractivity contribution in [2.45, 2.75) is 12.8 Å². The molecule has 0 saturated heterocycles. The third-order valence-electron chi connectivity index (χ3n) is 4.06. The van der Waals surface area contributed by atoms with Crippen molar-refractivity contribution in [3.8, 4) is 0 Å². The molecule has 134 valence electrons. The van der Waals surface area contributed by atoms with Crippen molar-refractivity contribution in [2.24, 2.45) is 0 Å². The second-order valence-electron chi connectivity index (χ2n) is 5.70. The highest BCUT2D eigenvalue weighted by Crippen LogP contribution is 2.29. The molecule has 1 aliphatic heterocycles. The molecule has 0 fully saturated rings. The molecule has 1 heterocycles. The van der Waals surface area contributed by atoms with E-state index in [0.29, 0.717) is 29.5 Å². The van der Waals surface area contributed by atoms with Gasteiger partial charge in [0, 0.05) is 18.4 Å². The molecule has 0 spiro atoms. The van der Waals surface area contributed by atoms with Crippen LogP contribution in [0.5, 0.6) is 0 Å². The third-order valence-corrected chi connectivity index (χ3v) is 4.29. The normalized spacial score (nSPS) is 12.9. The molecule has 0 aliphatic carbocycles. The van der Waals surface area contributed by atoms with E-state index in [2.05, 4.69) is 15.5 Å². The summed E-state index contributed by atoms with van der Waals surface area (Å²) in [5.74, 6) is -1.23. The summed E-state index contributed by atoms with van der Waals surface area (Å²) >= 11 is 5.14. The minimum absolute atomic E-state index is 0.128. The van der Waals surface area contributed by atoms with Crippen molar-refractivity contribution in [2.75, 3.05) is 13.7 Å². The van der Waals surface area contributed by atoms with Crippen LogP contribution in [0.1, 0.15) is 33.6 Å². The number of hydrogen-bond donors (Lipinski definition) is 2. The van der Waals surface area contributed by atoms with Crippen LogP contribution in [0.15, 0.2) is 36.4 Å². The van der Waals surface area contributed by atoms with Crippen LogP contribution in [0.4, 0.5) is 0 Å². The number of rotatable bonds is 5. The van der Waals surface area contributed by atoms with Gasteiger partial charge in [0.05, 0.1) is 18.2 Å². The molecule has 0 unspecified atom stereocenters. The fourth-order valence-corrected chi connectivity index (χ4v) is 3.00. The number of benzene rings is 2. The molecule has 2 aromatic carbocycles. The predicted octanol–water partition coefficient (Wildman–Crippen LogP) is 1.77. The molecule has 0 bridgehead atoms. The largest absolute Gasteiger partial charge is 0.469 e. The Kier molecular flexibility index (Phi) is 5.13. The van der Waals surface area contributed by atoms with E-state index in [1.807, 2.05) is 12.1 Å². The van der Waals surface area contributed by atoms with Gasteiger partial charge in [0.1, 0.15) is 0 Å². The van der Waals surface area contributed by atoms with Gasteiger partial charge in [0.25, 0.3) is 11.8 Å². The van der Waals surface area contributed by atoms with E-state index >= 15 is 0 Å². The van der Waals surface area contributed by atoms with E-state index in [-0.39, 0.29) is 17.5 Å². The zero-order valence-corrected chi connectivity index (χ0v) is 14.9. The second kappa shape index (κ2) is 7.49. The fourth-order valence-electron chi connectivity index (χ4n) is 2.81. The smallest absolute Gasteiger partial charge is 0.305 e. The quantitative estimate of drug-likeness (QED) is 0.358. The summed E-state index contributed by atoms with van der Waals surface area (Å²) < 4.78 is 4.55. The van der Waals surface area contributed by atoms with Crippen molar-refractivity contribution < 1.29 is 19.1 Å². The number of thiocarbonyl (C=S) groups is 1. The van der Waals surface area contributed by atoms with Gasteiger partial charge < -0.3 is 10.1 Å². The topological polar surface area (TPSA) is 87.7 Å². The lowest BCUT2D eigenvalue weighted by molar-refractivity contribution is -0.140. The Morgan fingerprint density at radius 1 is 1.12 bits per heavy atom. The first-order valence-electron chi connectivity index (χ1n) is 8.04. The van der Waals surface area contributed by atoms with Crippen LogP contribution < -0.4 is 10.7 Å². The van der Waals surface area contributed by atoms with Gasteiger partial charge in [-0.25, -0.2) is 0 Å². The number of carbonyl (C=O) groups is 3. The molecule has 26 heavy (non-hydrogen) atoms.